The Kier molecular flexibility index (Phi) is 5.52. The summed E-state index contributed by atoms with van der Waals surface area (Å²) in [6.07, 6.45) is 0.744. The Hall–Kier alpha value is -2.46. The zero-order chi connectivity index (χ0) is 18.7. The van der Waals surface area contributed by atoms with E-state index in [9.17, 15) is 4.79 Å². The van der Waals surface area contributed by atoms with Crippen LogP contribution in [-0.4, -0.2) is 41.7 Å². The number of hydrogen-bond donors (Lipinski definition) is 0. The number of nitrogens with zero attached hydrogens (tertiary/aromatic N) is 3. The van der Waals surface area contributed by atoms with Gasteiger partial charge in [0.1, 0.15) is 0 Å². The van der Waals surface area contributed by atoms with Crippen LogP contribution in [0.15, 0.2) is 53.6 Å². The van der Waals surface area contributed by atoms with Crippen molar-refractivity contribution in [3.8, 4) is 0 Å². The summed E-state index contributed by atoms with van der Waals surface area (Å²) in [5.74, 6) is 0.0441. The molecule has 0 aromatic heterocycles. The fourth-order valence-electron chi connectivity index (χ4n) is 3.20. The molecule has 26 heavy (non-hydrogen) atoms. The van der Waals surface area contributed by atoms with E-state index in [1.807, 2.05) is 18.0 Å². The molecule has 0 aliphatic carbocycles. The molecule has 1 heterocycles. The topological polar surface area (TPSA) is 35.9 Å². The molecule has 0 unspecified atom stereocenters. The van der Waals surface area contributed by atoms with Gasteiger partial charge in [-0.25, -0.2) is 5.01 Å². The van der Waals surface area contributed by atoms with E-state index >= 15 is 0 Å². The van der Waals surface area contributed by atoms with Crippen LogP contribution in [0.2, 0.25) is 0 Å². The van der Waals surface area contributed by atoms with Gasteiger partial charge in [-0.05, 0) is 38.6 Å². The molecule has 1 aliphatic rings. The van der Waals surface area contributed by atoms with Crippen molar-refractivity contribution in [3.05, 3.63) is 70.8 Å². The van der Waals surface area contributed by atoms with Gasteiger partial charge < -0.3 is 0 Å². The van der Waals surface area contributed by atoms with Crippen molar-refractivity contribution < 1.29 is 4.79 Å². The van der Waals surface area contributed by atoms with Gasteiger partial charge in [0, 0.05) is 6.42 Å². The van der Waals surface area contributed by atoms with Crippen molar-refractivity contribution in [3.63, 3.8) is 0 Å². The minimum absolute atomic E-state index is 0.0381. The van der Waals surface area contributed by atoms with Crippen LogP contribution in [0.4, 0.5) is 0 Å². The van der Waals surface area contributed by atoms with Crippen molar-refractivity contribution in [1.82, 2.24) is 9.91 Å². The summed E-state index contributed by atoms with van der Waals surface area (Å²) >= 11 is 0. The van der Waals surface area contributed by atoms with E-state index in [1.165, 1.54) is 11.1 Å². The van der Waals surface area contributed by atoms with Crippen molar-refractivity contribution in [2.75, 3.05) is 20.1 Å². The van der Waals surface area contributed by atoms with Gasteiger partial charge in [0.2, 0.25) is 0 Å². The van der Waals surface area contributed by atoms with Crippen LogP contribution < -0.4 is 0 Å². The van der Waals surface area contributed by atoms with Gasteiger partial charge in [0.05, 0.1) is 18.3 Å². The zero-order valence-electron chi connectivity index (χ0n) is 16.1. The van der Waals surface area contributed by atoms with Crippen molar-refractivity contribution in [2.24, 2.45) is 5.10 Å². The van der Waals surface area contributed by atoms with Gasteiger partial charge in [-0.1, -0.05) is 66.6 Å². The molecular weight excluding hydrogens is 322 g/mol. The lowest BCUT2D eigenvalue weighted by Gasteiger charge is -2.24. The highest BCUT2D eigenvalue weighted by Crippen LogP contribution is 2.33. The van der Waals surface area contributed by atoms with Crippen molar-refractivity contribution in [1.29, 1.82) is 0 Å². The molecule has 2 aromatic carbocycles. The highest BCUT2D eigenvalue weighted by molar-refractivity contribution is 6.03. The van der Waals surface area contributed by atoms with E-state index in [4.69, 9.17) is 5.10 Å². The first kappa shape index (κ1) is 18.3. The van der Waals surface area contributed by atoms with Gasteiger partial charge >= 0.3 is 0 Å². The second-order valence-electron chi connectivity index (χ2n) is 7.12. The first-order chi connectivity index (χ1) is 12.5. The van der Waals surface area contributed by atoms with Gasteiger partial charge in [0.25, 0.3) is 5.91 Å². The average Bonchev–Trinajstić information content (AvgIpc) is 3.08. The van der Waals surface area contributed by atoms with Crippen LogP contribution in [0.25, 0.3) is 0 Å². The Bertz CT molecular complexity index is 810. The molecule has 1 amide bonds. The summed E-state index contributed by atoms with van der Waals surface area (Å²) in [5.41, 5.74) is 5.63. The Balaban J connectivity index is 1.92. The number of hydrogen-bond acceptors (Lipinski definition) is 3. The van der Waals surface area contributed by atoms with Crippen molar-refractivity contribution >= 4 is 11.6 Å². The highest BCUT2D eigenvalue weighted by atomic mass is 16.2. The number of rotatable bonds is 5. The maximum absolute atomic E-state index is 12.9. The average molecular weight is 349 g/mol. The predicted octanol–water partition coefficient (Wildman–Crippen LogP) is 3.93. The Morgan fingerprint density at radius 2 is 1.88 bits per heavy atom. The van der Waals surface area contributed by atoms with Gasteiger partial charge in [-0.2, -0.15) is 5.10 Å². The van der Waals surface area contributed by atoms with Crippen LogP contribution in [0.3, 0.4) is 0 Å². The second-order valence-corrected chi connectivity index (χ2v) is 7.12. The van der Waals surface area contributed by atoms with E-state index < -0.39 is 0 Å². The highest BCUT2D eigenvalue weighted by Gasteiger charge is 2.33. The molecule has 136 valence electrons. The number of likely N-dealkylation sites (N-methyl/N-ethyl adjacent to an activating group) is 1. The number of benzene rings is 2. The molecule has 0 spiro atoms. The lowest BCUT2D eigenvalue weighted by molar-refractivity contribution is -0.133. The molecule has 1 aliphatic heterocycles. The number of carbonyl (C=O) groups excluding carboxylic acids is 1. The molecule has 2 aromatic rings. The van der Waals surface area contributed by atoms with Gasteiger partial charge in [0.15, 0.2) is 0 Å². The summed E-state index contributed by atoms with van der Waals surface area (Å²) in [4.78, 5) is 14.9. The quantitative estimate of drug-likeness (QED) is 0.820. The third-order valence-electron chi connectivity index (χ3n) is 4.92. The van der Waals surface area contributed by atoms with Crippen LogP contribution >= 0.6 is 0 Å². The van der Waals surface area contributed by atoms with E-state index in [0.29, 0.717) is 6.54 Å². The Morgan fingerprint density at radius 1 is 1.15 bits per heavy atom. The number of carbonyl (C=O) groups is 1. The van der Waals surface area contributed by atoms with E-state index in [2.05, 4.69) is 63.2 Å². The smallest absolute Gasteiger partial charge is 0.257 e. The summed E-state index contributed by atoms with van der Waals surface area (Å²) in [6.45, 7) is 7.42. The molecule has 0 bridgehead atoms. The third kappa shape index (κ3) is 4.02. The molecule has 0 saturated heterocycles. The fraction of sp³-hybridized carbons (Fsp3) is 0.364. The maximum Gasteiger partial charge on any atom is 0.257 e. The molecule has 4 heteroatoms. The van der Waals surface area contributed by atoms with Crippen LogP contribution in [0.1, 0.15) is 41.6 Å². The van der Waals surface area contributed by atoms with Crippen LogP contribution in [0, 0.1) is 13.8 Å². The normalized spacial score (nSPS) is 16.9. The molecule has 4 nitrogen and oxygen atoms in total. The molecule has 0 N–H and O–H groups in total. The molecule has 0 radical (unpaired) electrons. The number of amides is 1. The summed E-state index contributed by atoms with van der Waals surface area (Å²) < 4.78 is 0. The van der Waals surface area contributed by atoms with E-state index in [1.54, 1.807) is 5.01 Å². The molecule has 0 fully saturated rings. The van der Waals surface area contributed by atoms with Crippen LogP contribution in [-0.2, 0) is 4.79 Å². The fourth-order valence-corrected chi connectivity index (χ4v) is 3.20. The van der Waals surface area contributed by atoms with Gasteiger partial charge in [-0.15, -0.1) is 0 Å². The molecule has 3 rings (SSSR count). The monoisotopic (exact) mass is 349 g/mol. The minimum atomic E-state index is -0.0381. The van der Waals surface area contributed by atoms with Crippen molar-refractivity contribution in [2.45, 2.75) is 33.2 Å². The maximum atomic E-state index is 12.9. The second kappa shape index (κ2) is 7.83. The SMILES string of the molecule is CCN(C)CC(=O)N1N=C(c2cccc(C)c2)C[C@H]1c1ccc(C)cc1. The zero-order valence-corrected chi connectivity index (χ0v) is 16.1. The lowest BCUT2D eigenvalue weighted by atomic mass is 9.97. The first-order valence-electron chi connectivity index (χ1n) is 9.19. The summed E-state index contributed by atoms with van der Waals surface area (Å²) in [6, 6.07) is 16.7. The van der Waals surface area contributed by atoms with E-state index in [0.717, 1.165) is 29.8 Å². The van der Waals surface area contributed by atoms with E-state index in [-0.39, 0.29) is 11.9 Å². The van der Waals surface area contributed by atoms with Gasteiger partial charge in [-0.3, -0.25) is 9.69 Å². The summed E-state index contributed by atoms with van der Waals surface area (Å²) in [7, 11) is 1.96. The first-order valence-corrected chi connectivity index (χ1v) is 9.19. The molecule has 0 saturated carbocycles. The minimum Gasteiger partial charge on any atom is -0.298 e. The van der Waals surface area contributed by atoms with Crippen LogP contribution in [0.5, 0.6) is 0 Å². The third-order valence-corrected chi connectivity index (χ3v) is 4.92. The summed E-state index contributed by atoms with van der Waals surface area (Å²) in [5, 5.41) is 6.43. The largest absolute Gasteiger partial charge is 0.298 e. The molecular formula is C22H27N3O. The molecule has 1 atom stereocenters. The predicted molar refractivity (Wildman–Crippen MR) is 106 cm³/mol. The standard InChI is InChI=1S/C22H27N3O/c1-5-24(4)15-22(26)25-21(18-11-9-16(2)10-12-18)14-20(23-25)19-8-6-7-17(3)13-19/h6-13,21H,5,14-15H2,1-4H3/t21-/m0/s1. The Labute approximate surface area is 156 Å². The lowest BCUT2D eigenvalue weighted by Crippen LogP contribution is -2.36. The Morgan fingerprint density at radius 3 is 2.54 bits per heavy atom. The number of aryl methyl sites for hydroxylation is 2. The number of hydrazone groups is 1.